The highest BCUT2D eigenvalue weighted by atomic mass is 19.4. The van der Waals surface area contributed by atoms with Crippen molar-refractivity contribution in [3.05, 3.63) is 41.3 Å². The van der Waals surface area contributed by atoms with Crippen LogP contribution in [-0.2, 0) is 11.2 Å². The van der Waals surface area contributed by atoms with Gasteiger partial charge in [0, 0.05) is 37.8 Å². The quantitative estimate of drug-likeness (QED) is 0.705. The molecule has 0 aliphatic carbocycles. The molecule has 1 N–H and O–H groups in total. The molecule has 3 rings (SSSR count). The first-order valence-corrected chi connectivity index (χ1v) is 9.32. The molecule has 1 aliphatic heterocycles. The van der Waals surface area contributed by atoms with E-state index in [9.17, 15) is 18.0 Å². The Hall–Kier alpha value is -2.46. The summed E-state index contributed by atoms with van der Waals surface area (Å²) >= 11 is 0. The van der Waals surface area contributed by atoms with Crippen LogP contribution in [0.25, 0.3) is 0 Å². The van der Waals surface area contributed by atoms with Crippen molar-refractivity contribution in [2.45, 2.75) is 38.6 Å². The van der Waals surface area contributed by atoms with E-state index in [1.807, 2.05) is 6.07 Å². The van der Waals surface area contributed by atoms with Crippen LogP contribution in [0, 0.1) is 0 Å². The Labute approximate surface area is 166 Å². The highest BCUT2D eigenvalue weighted by Gasteiger charge is 2.29. The number of nitrogens with one attached hydrogen (secondary N) is 1. The van der Waals surface area contributed by atoms with E-state index >= 15 is 0 Å². The Morgan fingerprint density at radius 2 is 2.21 bits per heavy atom. The molecule has 3 heterocycles. The van der Waals surface area contributed by atoms with Crippen molar-refractivity contribution in [3.8, 4) is 5.88 Å². The van der Waals surface area contributed by atoms with Gasteiger partial charge in [0.05, 0.1) is 12.3 Å². The predicted octanol–water partition coefficient (Wildman–Crippen LogP) is 2.89. The van der Waals surface area contributed by atoms with Crippen LogP contribution in [0.5, 0.6) is 5.88 Å². The number of carbonyl (C=O) groups excluding carboxylic acids is 1. The van der Waals surface area contributed by atoms with E-state index in [0.717, 1.165) is 12.2 Å². The lowest BCUT2D eigenvalue weighted by Gasteiger charge is -2.23. The molecule has 0 unspecified atom stereocenters. The predicted molar refractivity (Wildman–Crippen MR) is 98.0 cm³/mol. The van der Waals surface area contributed by atoms with Crippen molar-refractivity contribution in [3.63, 3.8) is 0 Å². The molecule has 1 aliphatic rings. The van der Waals surface area contributed by atoms with E-state index in [-0.39, 0.29) is 35.9 Å². The summed E-state index contributed by atoms with van der Waals surface area (Å²) < 4.78 is 48.8. The fourth-order valence-electron chi connectivity index (χ4n) is 2.96. The molecule has 2 aromatic rings. The van der Waals surface area contributed by atoms with Gasteiger partial charge in [0.2, 0.25) is 5.88 Å². The fraction of sp³-hybridized carbons (Fsp3) is 0.526. The lowest BCUT2D eigenvalue weighted by atomic mass is 10.1. The van der Waals surface area contributed by atoms with Crippen molar-refractivity contribution < 1.29 is 27.4 Å². The number of nitrogens with zero attached hydrogens (tertiary/aromatic N) is 3. The van der Waals surface area contributed by atoms with Crippen molar-refractivity contribution in [1.29, 1.82) is 0 Å². The Bertz CT molecular complexity index is 828. The fourth-order valence-corrected chi connectivity index (χ4v) is 2.96. The average Bonchev–Trinajstić information content (AvgIpc) is 3.12. The number of ketones is 1. The van der Waals surface area contributed by atoms with Crippen LogP contribution < -0.4 is 10.1 Å². The summed E-state index contributed by atoms with van der Waals surface area (Å²) in [6.45, 7) is 4.21. The van der Waals surface area contributed by atoms with Crippen LogP contribution in [-0.4, -0.2) is 53.0 Å². The Morgan fingerprint density at radius 1 is 1.41 bits per heavy atom. The number of carbonyl (C=O) groups is 1. The van der Waals surface area contributed by atoms with Crippen LogP contribution >= 0.6 is 0 Å². The molecule has 1 atom stereocenters. The second-order valence-electron chi connectivity index (χ2n) is 7.06. The summed E-state index contributed by atoms with van der Waals surface area (Å²) in [6.07, 6.45) is -2.93. The lowest BCUT2D eigenvalue weighted by Crippen LogP contribution is -2.33. The van der Waals surface area contributed by atoms with Gasteiger partial charge < -0.3 is 14.8 Å². The van der Waals surface area contributed by atoms with Gasteiger partial charge in [0.15, 0.2) is 12.4 Å². The highest BCUT2D eigenvalue weighted by Crippen LogP contribution is 2.22. The van der Waals surface area contributed by atoms with Gasteiger partial charge in [-0.3, -0.25) is 14.5 Å². The number of rotatable bonds is 7. The molecule has 1 saturated heterocycles. The number of hydrogen-bond acceptors (Lipinski definition) is 6. The second-order valence-corrected chi connectivity index (χ2v) is 7.06. The largest absolute Gasteiger partial charge is 0.467 e. The van der Waals surface area contributed by atoms with Gasteiger partial charge in [0.1, 0.15) is 11.8 Å². The van der Waals surface area contributed by atoms with Crippen molar-refractivity contribution in [2.75, 3.05) is 26.3 Å². The summed E-state index contributed by atoms with van der Waals surface area (Å²) in [4.78, 5) is 17.1. The monoisotopic (exact) mass is 412 g/mol. The van der Waals surface area contributed by atoms with Gasteiger partial charge in [-0.25, -0.2) is 0 Å². The van der Waals surface area contributed by atoms with E-state index in [1.165, 1.54) is 10.7 Å². The van der Waals surface area contributed by atoms with Crippen LogP contribution in [0.1, 0.15) is 47.7 Å². The number of hydrogen-bond donors (Lipinski definition) is 1. The van der Waals surface area contributed by atoms with E-state index < -0.39 is 12.8 Å². The summed E-state index contributed by atoms with van der Waals surface area (Å²) in [5.74, 6) is -0.506. The smallest absolute Gasteiger partial charge is 0.422 e. The maximum atomic E-state index is 12.7. The third-order valence-electron chi connectivity index (χ3n) is 4.34. The number of aromatic nitrogens is 3. The molecule has 10 heteroatoms. The zero-order chi connectivity index (χ0) is 21.0. The second kappa shape index (κ2) is 8.91. The number of pyridine rings is 1. The first kappa shape index (κ1) is 21.3. The first-order chi connectivity index (χ1) is 13.7. The molecule has 0 bridgehead atoms. The molecule has 29 heavy (non-hydrogen) atoms. The Kier molecular flexibility index (Phi) is 6.53. The van der Waals surface area contributed by atoms with Crippen LogP contribution in [0.4, 0.5) is 13.2 Å². The van der Waals surface area contributed by atoms with E-state index in [0.29, 0.717) is 18.7 Å². The number of ether oxygens (including phenoxy) is 2. The number of alkyl halides is 3. The molecule has 2 aromatic heterocycles. The van der Waals surface area contributed by atoms with Gasteiger partial charge in [-0.05, 0) is 25.5 Å². The minimum absolute atomic E-state index is 0.0498. The Balaban J connectivity index is 1.70. The normalized spacial score (nSPS) is 17.5. The van der Waals surface area contributed by atoms with E-state index in [1.54, 1.807) is 26.1 Å². The maximum absolute atomic E-state index is 12.7. The summed E-state index contributed by atoms with van der Waals surface area (Å²) in [5.41, 5.74) is 1.67. The van der Waals surface area contributed by atoms with Gasteiger partial charge in [-0.1, -0.05) is 6.07 Å². The average molecular weight is 412 g/mol. The molecular formula is C19H23F3N4O3. The van der Waals surface area contributed by atoms with E-state index in [2.05, 4.69) is 20.1 Å². The molecule has 7 nitrogen and oxygen atoms in total. The van der Waals surface area contributed by atoms with E-state index in [4.69, 9.17) is 4.74 Å². The maximum Gasteiger partial charge on any atom is 0.422 e. The topological polar surface area (TPSA) is 78.3 Å². The summed E-state index contributed by atoms with van der Waals surface area (Å²) in [6, 6.07) is 4.65. The zero-order valence-corrected chi connectivity index (χ0v) is 16.2. The lowest BCUT2D eigenvalue weighted by molar-refractivity contribution is -0.154. The molecule has 0 amide bonds. The molecule has 0 aromatic carbocycles. The third kappa shape index (κ3) is 5.77. The molecule has 0 spiro atoms. The SMILES string of the molecule is CC(C)n1nc(OCC(F)(F)F)cc1C(=O)Cc1ccc([C@@H]2CNCCO2)nc1. The number of Topliss-reactive ketones (excluding diaryl/α,β-unsaturated/α-hetero) is 1. The molecule has 158 valence electrons. The van der Waals surface area contributed by atoms with Crippen LogP contribution in [0.2, 0.25) is 0 Å². The molecule has 0 radical (unpaired) electrons. The number of halogens is 3. The molecular weight excluding hydrogens is 389 g/mol. The standard InChI is InChI=1S/C19H23F3N4O3/c1-12(2)26-15(8-18(25-26)29-11-19(20,21)22)16(27)7-13-3-4-14(24-9-13)17-10-23-5-6-28-17/h3-4,8-9,12,17,23H,5-7,10-11H2,1-2H3/t17-/m0/s1. The van der Waals surface area contributed by atoms with Gasteiger partial charge >= 0.3 is 6.18 Å². The molecule has 0 saturated carbocycles. The summed E-state index contributed by atoms with van der Waals surface area (Å²) in [7, 11) is 0. The minimum atomic E-state index is -4.48. The van der Waals surface area contributed by atoms with Crippen molar-refractivity contribution >= 4 is 5.78 Å². The van der Waals surface area contributed by atoms with Crippen molar-refractivity contribution in [2.24, 2.45) is 0 Å². The van der Waals surface area contributed by atoms with Gasteiger partial charge in [0.25, 0.3) is 0 Å². The highest BCUT2D eigenvalue weighted by molar-refractivity contribution is 5.96. The first-order valence-electron chi connectivity index (χ1n) is 9.32. The molecule has 1 fully saturated rings. The Morgan fingerprint density at radius 3 is 2.79 bits per heavy atom. The van der Waals surface area contributed by atoms with Crippen molar-refractivity contribution in [1.82, 2.24) is 20.1 Å². The zero-order valence-electron chi connectivity index (χ0n) is 16.2. The summed E-state index contributed by atoms with van der Waals surface area (Å²) in [5, 5.41) is 7.21. The van der Waals surface area contributed by atoms with Crippen LogP contribution in [0.15, 0.2) is 24.4 Å². The number of morpholine rings is 1. The van der Waals surface area contributed by atoms with Gasteiger partial charge in [-0.2, -0.15) is 13.2 Å². The van der Waals surface area contributed by atoms with Gasteiger partial charge in [-0.15, -0.1) is 5.10 Å². The minimum Gasteiger partial charge on any atom is -0.467 e. The third-order valence-corrected chi connectivity index (χ3v) is 4.34. The van der Waals surface area contributed by atoms with Crippen LogP contribution in [0.3, 0.4) is 0 Å².